The number of hydrogen-bond donors (Lipinski definition) is 1. The molecule has 33 heavy (non-hydrogen) atoms. The zero-order valence-electron chi connectivity index (χ0n) is 18.9. The minimum absolute atomic E-state index is 0.167. The van der Waals surface area contributed by atoms with E-state index in [2.05, 4.69) is 53.3 Å². The van der Waals surface area contributed by atoms with Gasteiger partial charge in [-0.1, -0.05) is 54.6 Å². The van der Waals surface area contributed by atoms with E-state index >= 15 is 0 Å². The smallest absolute Gasteiger partial charge is 0.323 e. The van der Waals surface area contributed by atoms with Crippen molar-refractivity contribution in [1.82, 2.24) is 9.47 Å². The van der Waals surface area contributed by atoms with E-state index in [9.17, 15) is 4.79 Å². The maximum Gasteiger partial charge on any atom is 0.323 e. The molecule has 166 valence electrons. The number of anilines is 1. The molecule has 1 aliphatic rings. The summed E-state index contributed by atoms with van der Waals surface area (Å²) in [4.78, 5) is 15.8. The minimum Gasteiger partial charge on any atom is -0.492 e. The highest BCUT2D eigenvalue weighted by molar-refractivity contribution is 5.91. The summed E-state index contributed by atoms with van der Waals surface area (Å²) in [6.45, 7) is 5.05. The monoisotopic (exact) mass is 437 g/mol. The Hall–Kier alpha value is -3.99. The summed E-state index contributed by atoms with van der Waals surface area (Å²) < 4.78 is 7.95. The Morgan fingerprint density at radius 1 is 0.970 bits per heavy atom. The van der Waals surface area contributed by atoms with Crippen molar-refractivity contribution in [3.05, 3.63) is 114 Å². The van der Waals surface area contributed by atoms with Crippen LogP contribution in [0.5, 0.6) is 5.75 Å². The molecule has 0 aliphatic carbocycles. The number of para-hydroxylation sites is 3. The molecular weight excluding hydrogens is 410 g/mol. The molecule has 5 heteroatoms. The molecule has 0 spiro atoms. The Kier molecular flexibility index (Phi) is 5.61. The van der Waals surface area contributed by atoms with E-state index < -0.39 is 0 Å². The van der Waals surface area contributed by atoms with Crippen molar-refractivity contribution in [3.8, 4) is 11.4 Å². The fourth-order valence-electron chi connectivity index (χ4n) is 4.60. The largest absolute Gasteiger partial charge is 0.492 e. The van der Waals surface area contributed by atoms with Gasteiger partial charge in [-0.05, 0) is 60.9 Å². The lowest BCUT2D eigenvalue weighted by Gasteiger charge is -2.32. The van der Waals surface area contributed by atoms with Crippen LogP contribution in [0.15, 0.2) is 91.1 Å². The molecule has 1 N–H and O–H groups in total. The van der Waals surface area contributed by atoms with Gasteiger partial charge in [0.15, 0.2) is 0 Å². The van der Waals surface area contributed by atoms with Crippen LogP contribution in [0.3, 0.4) is 0 Å². The summed E-state index contributed by atoms with van der Waals surface area (Å²) >= 11 is 0. The van der Waals surface area contributed by atoms with Crippen LogP contribution >= 0.6 is 0 Å². The average Bonchev–Trinajstić information content (AvgIpc) is 3.26. The number of hydrogen-bond acceptors (Lipinski definition) is 2. The first-order chi connectivity index (χ1) is 16.2. The predicted octanol–water partition coefficient (Wildman–Crippen LogP) is 6.32. The van der Waals surface area contributed by atoms with Crippen molar-refractivity contribution < 1.29 is 9.53 Å². The van der Waals surface area contributed by atoms with Gasteiger partial charge in [-0.3, -0.25) is 0 Å². The topological polar surface area (TPSA) is 46.5 Å². The highest BCUT2D eigenvalue weighted by Gasteiger charge is 2.33. The van der Waals surface area contributed by atoms with Crippen LogP contribution in [0.25, 0.3) is 5.69 Å². The first-order valence-electron chi connectivity index (χ1n) is 11.3. The first-order valence-corrected chi connectivity index (χ1v) is 11.3. The molecule has 3 aromatic carbocycles. The van der Waals surface area contributed by atoms with E-state index in [-0.39, 0.29) is 12.1 Å². The van der Waals surface area contributed by atoms with Crippen LogP contribution in [-0.4, -0.2) is 22.1 Å². The lowest BCUT2D eigenvalue weighted by atomic mass is 9.97. The maximum absolute atomic E-state index is 13.9. The predicted molar refractivity (Wildman–Crippen MR) is 131 cm³/mol. The summed E-state index contributed by atoms with van der Waals surface area (Å²) in [6.07, 6.45) is 2.07. The Bertz CT molecular complexity index is 1290. The Labute approximate surface area is 194 Å². The van der Waals surface area contributed by atoms with Crippen LogP contribution in [0.2, 0.25) is 0 Å². The Morgan fingerprint density at radius 2 is 1.73 bits per heavy atom. The Morgan fingerprint density at radius 3 is 2.58 bits per heavy atom. The number of nitrogens with one attached hydrogen (secondary N) is 1. The summed E-state index contributed by atoms with van der Waals surface area (Å²) in [6, 6.07) is 27.9. The molecule has 1 atom stereocenters. The number of benzene rings is 3. The number of carbonyl (C=O) groups is 1. The van der Waals surface area contributed by atoms with Crippen LogP contribution in [-0.2, 0) is 6.54 Å². The second kappa shape index (κ2) is 8.87. The molecule has 0 radical (unpaired) electrons. The highest BCUT2D eigenvalue weighted by Crippen LogP contribution is 2.38. The molecule has 0 saturated carbocycles. The minimum atomic E-state index is -0.243. The van der Waals surface area contributed by atoms with E-state index in [0.29, 0.717) is 24.6 Å². The zero-order chi connectivity index (χ0) is 22.8. The second-order valence-electron chi connectivity index (χ2n) is 8.18. The SMILES string of the molecule is CCOc1ccccc1NC(=O)N1Cc2ccccc2-n2cccc2[C@H]1c1ccccc1C. The molecule has 1 aromatic heterocycles. The van der Waals surface area contributed by atoms with Crippen molar-refractivity contribution in [1.29, 1.82) is 0 Å². The number of amides is 2. The van der Waals surface area contributed by atoms with Crippen molar-refractivity contribution in [2.24, 2.45) is 0 Å². The number of nitrogens with zero attached hydrogens (tertiary/aromatic N) is 2. The number of fused-ring (bicyclic) bond motifs is 3. The standard InChI is InChI=1S/C28H27N3O2/c1-3-33-26-17-9-7-14-23(26)29-28(32)31-19-21-12-5-8-15-24(21)30-18-10-16-25(30)27(31)22-13-6-4-11-20(22)2/h4-18,27H,3,19H2,1-2H3,(H,29,32)/t27-/m1/s1. The van der Waals surface area contributed by atoms with Crippen molar-refractivity contribution >= 4 is 11.7 Å². The molecule has 5 nitrogen and oxygen atoms in total. The summed E-state index contributed by atoms with van der Waals surface area (Å²) in [7, 11) is 0. The Balaban J connectivity index is 1.63. The molecule has 4 aromatic rings. The fraction of sp³-hybridized carbons (Fsp3) is 0.179. The van der Waals surface area contributed by atoms with Gasteiger partial charge in [-0.2, -0.15) is 0 Å². The molecule has 1 aliphatic heterocycles. The third kappa shape index (κ3) is 3.87. The molecule has 2 amide bonds. The summed E-state index contributed by atoms with van der Waals surface area (Å²) in [5.74, 6) is 0.666. The molecule has 0 saturated heterocycles. The van der Waals surface area contributed by atoms with E-state index in [0.717, 1.165) is 28.1 Å². The second-order valence-corrected chi connectivity index (χ2v) is 8.18. The van der Waals surface area contributed by atoms with Gasteiger partial charge in [0.05, 0.1) is 24.5 Å². The maximum atomic E-state index is 13.9. The number of urea groups is 1. The van der Waals surface area contributed by atoms with E-state index in [1.54, 1.807) is 0 Å². The zero-order valence-corrected chi connectivity index (χ0v) is 18.9. The van der Waals surface area contributed by atoms with E-state index in [4.69, 9.17) is 4.74 Å². The average molecular weight is 438 g/mol. The number of carbonyl (C=O) groups excluding carboxylic acids is 1. The summed E-state index contributed by atoms with van der Waals surface area (Å²) in [5, 5.41) is 3.12. The van der Waals surface area contributed by atoms with E-state index in [1.807, 2.05) is 66.4 Å². The van der Waals surface area contributed by atoms with Crippen molar-refractivity contribution in [3.63, 3.8) is 0 Å². The molecule has 5 rings (SSSR count). The lowest BCUT2D eigenvalue weighted by molar-refractivity contribution is 0.194. The molecule has 0 unspecified atom stereocenters. The quantitative estimate of drug-likeness (QED) is 0.406. The van der Waals surface area contributed by atoms with Gasteiger partial charge in [0.1, 0.15) is 11.8 Å². The molecule has 0 bridgehead atoms. The number of aromatic nitrogens is 1. The molecule has 2 heterocycles. The van der Waals surface area contributed by atoms with Crippen LogP contribution in [0, 0.1) is 6.92 Å². The van der Waals surface area contributed by atoms with Gasteiger partial charge in [-0.15, -0.1) is 0 Å². The van der Waals surface area contributed by atoms with E-state index in [1.165, 1.54) is 0 Å². The fourth-order valence-corrected chi connectivity index (χ4v) is 4.60. The third-order valence-electron chi connectivity index (χ3n) is 6.14. The molecule has 0 fully saturated rings. The normalized spacial score (nSPS) is 14.7. The number of aryl methyl sites for hydroxylation is 1. The van der Waals surface area contributed by atoms with Crippen molar-refractivity contribution in [2.75, 3.05) is 11.9 Å². The number of rotatable bonds is 4. The summed E-state index contributed by atoms with van der Waals surface area (Å²) in [5.41, 5.74) is 6.18. The van der Waals surface area contributed by atoms with Gasteiger partial charge >= 0.3 is 6.03 Å². The highest BCUT2D eigenvalue weighted by atomic mass is 16.5. The molecular formula is C28H27N3O2. The lowest BCUT2D eigenvalue weighted by Crippen LogP contribution is -2.38. The van der Waals surface area contributed by atoms with Gasteiger partial charge in [0, 0.05) is 11.9 Å². The van der Waals surface area contributed by atoms with Gasteiger partial charge < -0.3 is 19.5 Å². The van der Waals surface area contributed by atoms with Gasteiger partial charge in [-0.25, -0.2) is 4.79 Å². The van der Waals surface area contributed by atoms with Gasteiger partial charge in [0.25, 0.3) is 0 Å². The third-order valence-corrected chi connectivity index (χ3v) is 6.14. The van der Waals surface area contributed by atoms with Crippen LogP contribution in [0.1, 0.15) is 35.3 Å². The number of ether oxygens (including phenoxy) is 1. The van der Waals surface area contributed by atoms with Crippen LogP contribution in [0.4, 0.5) is 10.5 Å². The first kappa shape index (κ1) is 20.9. The van der Waals surface area contributed by atoms with Crippen LogP contribution < -0.4 is 10.1 Å². The van der Waals surface area contributed by atoms with Gasteiger partial charge in [0.2, 0.25) is 0 Å². The van der Waals surface area contributed by atoms with Crippen molar-refractivity contribution in [2.45, 2.75) is 26.4 Å².